The van der Waals surface area contributed by atoms with E-state index in [9.17, 15) is 22.0 Å². The molecule has 0 aromatic heterocycles. The van der Waals surface area contributed by atoms with E-state index in [1.165, 1.54) is 17.0 Å². The Morgan fingerprint density at radius 2 is 1.71 bits per heavy atom. The van der Waals surface area contributed by atoms with Crippen LogP contribution in [-0.2, 0) is 11.7 Å². The molecule has 3 rings (SSSR count). The minimum Gasteiger partial charge on any atom is -0.346 e. The summed E-state index contributed by atoms with van der Waals surface area (Å²) in [6.07, 6.45) is -4.49. The molecule has 0 aliphatic carbocycles. The number of nitrogens with one attached hydrogen (secondary N) is 2. The molecule has 0 bridgehead atoms. The monoisotopic (exact) mass is 395 g/mol. The Morgan fingerprint density at radius 1 is 1.11 bits per heavy atom. The number of hydrogen-bond acceptors (Lipinski definition) is 1. The van der Waals surface area contributed by atoms with Crippen LogP contribution in [-0.4, -0.2) is 17.9 Å². The topological polar surface area (TPSA) is 39.1 Å². The second-order valence-electron chi connectivity index (χ2n) is 6.90. The number of hydrogen-bond donors (Lipinski definition) is 2. The lowest BCUT2D eigenvalue weighted by molar-refractivity contribution is -0.137. The molecule has 1 saturated heterocycles. The zero-order valence-corrected chi connectivity index (χ0v) is 15.2. The molecule has 28 heavy (non-hydrogen) atoms. The number of rotatable bonds is 2. The molecule has 0 saturated carbocycles. The van der Waals surface area contributed by atoms with Crippen molar-refractivity contribution in [2.75, 3.05) is 7.05 Å². The van der Waals surface area contributed by atoms with Crippen molar-refractivity contribution in [1.29, 1.82) is 5.41 Å². The van der Waals surface area contributed by atoms with Gasteiger partial charge in [0, 0.05) is 18.3 Å². The van der Waals surface area contributed by atoms with E-state index in [0.29, 0.717) is 11.3 Å². The number of halogens is 5. The maximum atomic E-state index is 14.6. The van der Waals surface area contributed by atoms with Gasteiger partial charge in [-0.25, -0.2) is 8.78 Å². The van der Waals surface area contributed by atoms with Gasteiger partial charge in [-0.1, -0.05) is 18.7 Å². The van der Waals surface area contributed by atoms with Gasteiger partial charge in [0.05, 0.1) is 17.0 Å². The maximum absolute atomic E-state index is 14.6. The number of nitrogens with zero attached hydrogens (tertiary/aromatic N) is 1. The van der Waals surface area contributed by atoms with Crippen LogP contribution in [0.4, 0.5) is 22.0 Å². The summed E-state index contributed by atoms with van der Waals surface area (Å²) in [6, 6.07) is 7.43. The van der Waals surface area contributed by atoms with Crippen LogP contribution < -0.4 is 5.32 Å². The Balaban J connectivity index is 2.17. The molecule has 1 fully saturated rings. The Hall–Kier alpha value is -2.90. The molecular formula is C20H18F5N3. The third kappa shape index (κ3) is 3.23. The molecule has 8 heteroatoms. The van der Waals surface area contributed by atoms with Crippen molar-refractivity contribution in [3.63, 3.8) is 0 Å². The molecule has 0 amide bonds. The van der Waals surface area contributed by atoms with Gasteiger partial charge in [-0.15, -0.1) is 0 Å². The third-order valence-corrected chi connectivity index (χ3v) is 5.11. The standard InChI is InChI=1S/C20H18F5N3/c1-11-17(12-4-6-13(7-5-12)20(23,24)25)19(2,27-18(26)28(11)3)15-10-14(21)8-9-16(15)22/h4-10,17H,1H2,2-3H3,(H2,26,27)/t17-,19+/m0/s1. The second-order valence-corrected chi connectivity index (χ2v) is 6.90. The van der Waals surface area contributed by atoms with Gasteiger partial charge in [-0.3, -0.25) is 5.41 Å². The fourth-order valence-corrected chi connectivity index (χ4v) is 3.58. The lowest BCUT2D eigenvalue weighted by Gasteiger charge is -2.48. The molecule has 2 aromatic carbocycles. The first kappa shape index (κ1) is 19.9. The van der Waals surface area contributed by atoms with Crippen molar-refractivity contribution in [2.24, 2.45) is 0 Å². The first-order valence-electron chi connectivity index (χ1n) is 8.37. The second kappa shape index (κ2) is 6.61. The smallest absolute Gasteiger partial charge is 0.346 e. The molecule has 1 aliphatic heterocycles. The Labute approximate surface area is 159 Å². The highest BCUT2D eigenvalue weighted by Crippen LogP contribution is 2.46. The normalized spacial score (nSPS) is 23.0. The SMILES string of the molecule is C=C1[C@@H](c2ccc(C(F)(F)F)cc2)[C@@](C)(c2cc(F)ccc2F)NC(=N)N1C. The molecular weight excluding hydrogens is 377 g/mol. The fraction of sp³-hybridized carbons (Fsp3) is 0.250. The lowest BCUT2D eigenvalue weighted by Crippen LogP contribution is -2.59. The quantitative estimate of drug-likeness (QED) is 0.705. The van der Waals surface area contributed by atoms with Gasteiger partial charge in [0.1, 0.15) is 11.6 Å². The van der Waals surface area contributed by atoms with Crippen LogP contribution in [0.3, 0.4) is 0 Å². The molecule has 2 aromatic rings. The summed E-state index contributed by atoms with van der Waals surface area (Å²) in [5.74, 6) is -2.19. The van der Waals surface area contributed by atoms with Crippen molar-refractivity contribution in [3.8, 4) is 0 Å². The van der Waals surface area contributed by atoms with E-state index >= 15 is 0 Å². The molecule has 1 aliphatic rings. The summed E-state index contributed by atoms with van der Waals surface area (Å²) in [5.41, 5.74) is -1.40. The predicted molar refractivity (Wildman–Crippen MR) is 95.7 cm³/mol. The third-order valence-electron chi connectivity index (χ3n) is 5.11. The summed E-state index contributed by atoms with van der Waals surface area (Å²) >= 11 is 0. The van der Waals surface area contributed by atoms with E-state index in [0.717, 1.165) is 30.3 Å². The zero-order valence-electron chi connectivity index (χ0n) is 15.2. The highest BCUT2D eigenvalue weighted by atomic mass is 19.4. The van der Waals surface area contributed by atoms with Crippen molar-refractivity contribution >= 4 is 5.96 Å². The van der Waals surface area contributed by atoms with E-state index in [-0.39, 0.29) is 11.5 Å². The van der Waals surface area contributed by atoms with Crippen molar-refractivity contribution in [2.45, 2.75) is 24.6 Å². The molecule has 1 heterocycles. The van der Waals surface area contributed by atoms with Crippen LogP contribution in [0.15, 0.2) is 54.7 Å². The van der Waals surface area contributed by atoms with E-state index < -0.39 is 34.8 Å². The molecule has 2 N–H and O–H groups in total. The average molecular weight is 395 g/mol. The summed E-state index contributed by atoms with van der Waals surface area (Å²) in [7, 11) is 1.57. The molecule has 0 unspecified atom stereocenters. The predicted octanol–water partition coefficient (Wildman–Crippen LogP) is 4.97. The fourth-order valence-electron chi connectivity index (χ4n) is 3.58. The Bertz CT molecular complexity index is 936. The number of alkyl halides is 3. The van der Waals surface area contributed by atoms with Gasteiger partial charge >= 0.3 is 6.18 Å². The van der Waals surface area contributed by atoms with E-state index in [4.69, 9.17) is 5.41 Å². The highest BCUT2D eigenvalue weighted by Gasteiger charge is 2.46. The highest BCUT2D eigenvalue weighted by molar-refractivity contribution is 5.82. The number of likely N-dealkylation sites (N-methyl/N-ethyl adjacent to an activating group) is 1. The van der Waals surface area contributed by atoms with E-state index in [1.807, 2.05) is 0 Å². The Morgan fingerprint density at radius 3 is 2.29 bits per heavy atom. The number of benzene rings is 2. The average Bonchev–Trinajstić information content (AvgIpc) is 2.61. The molecule has 0 spiro atoms. The van der Waals surface area contributed by atoms with Gasteiger partial charge in [-0.2, -0.15) is 13.2 Å². The van der Waals surface area contributed by atoms with Crippen LogP contribution in [0.5, 0.6) is 0 Å². The van der Waals surface area contributed by atoms with Crippen LogP contribution in [0.25, 0.3) is 0 Å². The number of guanidine groups is 1. The van der Waals surface area contributed by atoms with Gasteiger partial charge < -0.3 is 10.2 Å². The minimum atomic E-state index is -4.49. The summed E-state index contributed by atoms with van der Waals surface area (Å²) < 4.78 is 67.2. The lowest BCUT2D eigenvalue weighted by atomic mass is 9.72. The van der Waals surface area contributed by atoms with Crippen LogP contribution in [0.2, 0.25) is 0 Å². The summed E-state index contributed by atoms with van der Waals surface area (Å²) in [5, 5.41) is 11.0. The van der Waals surface area contributed by atoms with Gasteiger partial charge in [-0.05, 0) is 42.8 Å². The maximum Gasteiger partial charge on any atom is 0.416 e. The van der Waals surface area contributed by atoms with E-state index in [2.05, 4.69) is 11.9 Å². The largest absolute Gasteiger partial charge is 0.416 e. The van der Waals surface area contributed by atoms with Gasteiger partial charge in [0.15, 0.2) is 5.96 Å². The minimum absolute atomic E-state index is 0.0450. The molecule has 0 radical (unpaired) electrons. The molecule has 2 atom stereocenters. The van der Waals surface area contributed by atoms with Crippen molar-refractivity contribution < 1.29 is 22.0 Å². The first-order valence-corrected chi connectivity index (χ1v) is 8.37. The van der Waals surface area contributed by atoms with E-state index in [1.54, 1.807) is 14.0 Å². The zero-order chi connectivity index (χ0) is 20.9. The Kier molecular flexibility index (Phi) is 4.69. The van der Waals surface area contributed by atoms with Crippen molar-refractivity contribution in [3.05, 3.63) is 83.1 Å². The van der Waals surface area contributed by atoms with Crippen LogP contribution in [0, 0.1) is 17.0 Å². The molecule has 3 nitrogen and oxygen atoms in total. The van der Waals surface area contributed by atoms with Gasteiger partial charge in [0.25, 0.3) is 0 Å². The van der Waals surface area contributed by atoms with Crippen molar-refractivity contribution in [1.82, 2.24) is 10.2 Å². The van der Waals surface area contributed by atoms with Crippen LogP contribution in [0.1, 0.15) is 29.5 Å². The van der Waals surface area contributed by atoms with Crippen LogP contribution >= 0.6 is 0 Å². The summed E-state index contributed by atoms with van der Waals surface area (Å²) in [6.45, 7) is 5.52. The van der Waals surface area contributed by atoms with Gasteiger partial charge in [0.2, 0.25) is 0 Å². The summed E-state index contributed by atoms with van der Waals surface area (Å²) in [4.78, 5) is 1.42. The molecule has 148 valence electrons. The first-order chi connectivity index (χ1) is 12.9.